The van der Waals surface area contributed by atoms with Gasteiger partial charge >= 0.3 is 5.97 Å². The van der Waals surface area contributed by atoms with Crippen molar-refractivity contribution in [1.82, 2.24) is 9.38 Å². The molecule has 0 N–H and O–H groups in total. The van der Waals surface area contributed by atoms with Crippen LogP contribution < -0.4 is 0 Å². The first kappa shape index (κ1) is 10.6. The molecule has 2 aromatic heterocycles. The van der Waals surface area contributed by atoms with Gasteiger partial charge in [-0.25, -0.2) is 9.78 Å². The van der Waals surface area contributed by atoms with Gasteiger partial charge < -0.3 is 13.9 Å². The fourth-order valence-corrected chi connectivity index (χ4v) is 1.29. The number of pyridine rings is 1. The molecule has 0 saturated carbocycles. The van der Waals surface area contributed by atoms with Crippen molar-refractivity contribution in [2.45, 2.75) is 13.2 Å². The number of imidazole rings is 1. The number of methoxy groups -OCH3 is 1. The highest BCUT2D eigenvalue weighted by Crippen LogP contribution is 2.07. The molecule has 0 aliphatic carbocycles. The number of esters is 1. The van der Waals surface area contributed by atoms with Gasteiger partial charge in [-0.2, -0.15) is 0 Å². The van der Waals surface area contributed by atoms with Crippen molar-refractivity contribution in [3.05, 3.63) is 36.3 Å². The summed E-state index contributed by atoms with van der Waals surface area (Å²) in [4.78, 5) is 15.7. The second-order valence-corrected chi connectivity index (χ2v) is 3.30. The van der Waals surface area contributed by atoms with Crippen LogP contribution in [0.3, 0.4) is 0 Å². The SMILES string of the molecule is COC(C)OC(=O)c1cn2ccccc2n1. The van der Waals surface area contributed by atoms with E-state index in [-0.39, 0.29) is 5.69 Å². The van der Waals surface area contributed by atoms with E-state index in [9.17, 15) is 4.79 Å². The van der Waals surface area contributed by atoms with Gasteiger partial charge in [0.2, 0.25) is 0 Å². The highest BCUT2D eigenvalue weighted by Gasteiger charge is 2.14. The van der Waals surface area contributed by atoms with Gasteiger partial charge in [-0.05, 0) is 19.1 Å². The van der Waals surface area contributed by atoms with Crippen molar-refractivity contribution >= 4 is 11.6 Å². The van der Waals surface area contributed by atoms with Crippen molar-refractivity contribution in [1.29, 1.82) is 0 Å². The summed E-state index contributed by atoms with van der Waals surface area (Å²) in [6.07, 6.45) is 2.87. The molecule has 0 aromatic carbocycles. The number of aromatic nitrogens is 2. The summed E-state index contributed by atoms with van der Waals surface area (Å²) in [5.74, 6) is -0.488. The molecule has 5 nitrogen and oxygen atoms in total. The van der Waals surface area contributed by atoms with Crippen LogP contribution in [0.15, 0.2) is 30.6 Å². The molecular weight excluding hydrogens is 208 g/mol. The normalized spacial score (nSPS) is 12.6. The number of rotatable bonds is 3. The van der Waals surface area contributed by atoms with Gasteiger partial charge in [-0.15, -0.1) is 0 Å². The van der Waals surface area contributed by atoms with Gasteiger partial charge in [-0.3, -0.25) is 0 Å². The fourth-order valence-electron chi connectivity index (χ4n) is 1.29. The number of hydrogen-bond donors (Lipinski definition) is 0. The molecule has 0 radical (unpaired) electrons. The van der Waals surface area contributed by atoms with Crippen LogP contribution in [0.5, 0.6) is 0 Å². The van der Waals surface area contributed by atoms with Crippen LogP contribution >= 0.6 is 0 Å². The zero-order valence-electron chi connectivity index (χ0n) is 9.08. The van der Waals surface area contributed by atoms with Crippen molar-refractivity contribution in [2.75, 3.05) is 7.11 Å². The van der Waals surface area contributed by atoms with Crippen LogP contribution in [-0.4, -0.2) is 28.8 Å². The van der Waals surface area contributed by atoms with E-state index in [1.807, 2.05) is 24.4 Å². The molecule has 0 aliphatic heterocycles. The first-order valence-corrected chi connectivity index (χ1v) is 4.88. The van der Waals surface area contributed by atoms with Crippen LogP contribution in [0.4, 0.5) is 0 Å². The van der Waals surface area contributed by atoms with E-state index >= 15 is 0 Å². The monoisotopic (exact) mass is 220 g/mol. The maximum Gasteiger partial charge on any atom is 0.360 e. The first-order chi connectivity index (χ1) is 7.70. The molecule has 5 heteroatoms. The number of ether oxygens (including phenoxy) is 2. The predicted octanol–water partition coefficient (Wildman–Crippen LogP) is 1.48. The third-order valence-corrected chi connectivity index (χ3v) is 2.18. The maximum atomic E-state index is 11.6. The Labute approximate surface area is 92.6 Å². The molecule has 2 heterocycles. The lowest BCUT2D eigenvalue weighted by molar-refractivity contribution is -0.0776. The van der Waals surface area contributed by atoms with Crippen LogP contribution in [-0.2, 0) is 9.47 Å². The van der Waals surface area contributed by atoms with E-state index < -0.39 is 12.3 Å². The molecule has 0 amide bonds. The Bertz CT molecular complexity index is 474. The Morgan fingerprint density at radius 1 is 1.50 bits per heavy atom. The minimum atomic E-state index is -0.572. The minimum absolute atomic E-state index is 0.273. The molecule has 0 fully saturated rings. The van der Waals surface area contributed by atoms with E-state index in [1.165, 1.54) is 7.11 Å². The average Bonchev–Trinajstić information content (AvgIpc) is 2.72. The van der Waals surface area contributed by atoms with Crippen LogP contribution in [0, 0.1) is 0 Å². The molecule has 0 bridgehead atoms. The fraction of sp³-hybridized carbons (Fsp3) is 0.273. The molecule has 2 aromatic rings. The molecule has 84 valence electrons. The number of fused-ring (bicyclic) bond motifs is 1. The molecule has 1 unspecified atom stereocenters. The lowest BCUT2D eigenvalue weighted by atomic mass is 10.5. The summed E-state index contributed by atoms with van der Waals surface area (Å²) >= 11 is 0. The van der Waals surface area contributed by atoms with E-state index in [0.717, 1.165) is 0 Å². The van der Waals surface area contributed by atoms with E-state index in [2.05, 4.69) is 4.98 Å². The van der Waals surface area contributed by atoms with Gasteiger partial charge in [0.25, 0.3) is 0 Å². The predicted molar refractivity (Wildman–Crippen MR) is 57.1 cm³/mol. The Hall–Kier alpha value is -1.88. The Balaban J connectivity index is 2.23. The molecule has 0 aliphatic rings. The topological polar surface area (TPSA) is 52.8 Å². The molecule has 2 rings (SSSR count). The molecule has 0 saturated heterocycles. The minimum Gasteiger partial charge on any atom is -0.431 e. The van der Waals surface area contributed by atoms with Crippen LogP contribution in [0.1, 0.15) is 17.4 Å². The van der Waals surface area contributed by atoms with Gasteiger partial charge in [-0.1, -0.05) is 6.07 Å². The molecule has 0 spiro atoms. The summed E-state index contributed by atoms with van der Waals surface area (Å²) in [5.41, 5.74) is 0.981. The van der Waals surface area contributed by atoms with Gasteiger partial charge in [0.15, 0.2) is 12.0 Å². The van der Waals surface area contributed by atoms with Gasteiger partial charge in [0.05, 0.1) is 0 Å². The highest BCUT2D eigenvalue weighted by molar-refractivity contribution is 5.88. The number of hydrogen-bond acceptors (Lipinski definition) is 4. The summed E-state index contributed by atoms with van der Waals surface area (Å²) < 4.78 is 11.6. The van der Waals surface area contributed by atoms with Crippen molar-refractivity contribution < 1.29 is 14.3 Å². The first-order valence-electron chi connectivity index (χ1n) is 4.88. The third-order valence-electron chi connectivity index (χ3n) is 2.18. The van der Waals surface area contributed by atoms with Crippen molar-refractivity contribution in [3.63, 3.8) is 0 Å². The number of carbonyl (C=O) groups excluding carboxylic acids is 1. The van der Waals surface area contributed by atoms with E-state index in [4.69, 9.17) is 9.47 Å². The largest absolute Gasteiger partial charge is 0.431 e. The smallest absolute Gasteiger partial charge is 0.360 e. The lowest BCUT2D eigenvalue weighted by Gasteiger charge is -2.08. The second kappa shape index (κ2) is 4.32. The Morgan fingerprint density at radius 2 is 2.31 bits per heavy atom. The number of nitrogens with zero attached hydrogens (tertiary/aromatic N) is 2. The second-order valence-electron chi connectivity index (χ2n) is 3.30. The summed E-state index contributed by atoms with van der Waals surface area (Å²) in [6.45, 7) is 1.65. The Morgan fingerprint density at radius 3 is 3.00 bits per heavy atom. The zero-order valence-corrected chi connectivity index (χ0v) is 9.08. The van der Waals surface area contributed by atoms with Gasteiger partial charge in [0, 0.05) is 19.5 Å². The van der Waals surface area contributed by atoms with Crippen LogP contribution in [0.2, 0.25) is 0 Å². The highest BCUT2D eigenvalue weighted by atomic mass is 16.7. The van der Waals surface area contributed by atoms with Crippen LogP contribution in [0.25, 0.3) is 5.65 Å². The maximum absolute atomic E-state index is 11.6. The lowest BCUT2D eigenvalue weighted by Crippen LogP contribution is -2.16. The summed E-state index contributed by atoms with van der Waals surface area (Å²) in [7, 11) is 1.47. The summed E-state index contributed by atoms with van der Waals surface area (Å²) in [6, 6.07) is 5.54. The molecule has 16 heavy (non-hydrogen) atoms. The standard InChI is InChI=1S/C11H12N2O3/c1-8(15-2)16-11(14)9-7-13-6-4-3-5-10(13)12-9/h3-8H,1-2H3. The molecular formula is C11H12N2O3. The van der Waals surface area contributed by atoms with Crippen molar-refractivity contribution in [3.8, 4) is 0 Å². The Kier molecular flexibility index (Phi) is 2.87. The van der Waals surface area contributed by atoms with E-state index in [0.29, 0.717) is 5.65 Å². The quantitative estimate of drug-likeness (QED) is 0.580. The van der Waals surface area contributed by atoms with Gasteiger partial charge in [0.1, 0.15) is 5.65 Å². The van der Waals surface area contributed by atoms with E-state index in [1.54, 1.807) is 17.5 Å². The zero-order chi connectivity index (χ0) is 11.5. The molecule has 1 atom stereocenters. The summed E-state index contributed by atoms with van der Waals surface area (Å²) in [5, 5.41) is 0. The third kappa shape index (κ3) is 2.04. The van der Waals surface area contributed by atoms with Crippen molar-refractivity contribution in [2.24, 2.45) is 0 Å². The average molecular weight is 220 g/mol. The number of carbonyl (C=O) groups is 1.